The van der Waals surface area contributed by atoms with Crippen LogP contribution in [0.2, 0.25) is 0 Å². The summed E-state index contributed by atoms with van der Waals surface area (Å²) < 4.78 is 19.7. The topological polar surface area (TPSA) is 33.3 Å². The second kappa shape index (κ2) is 7.56. The molecule has 2 N–H and O–H groups in total. The van der Waals surface area contributed by atoms with Crippen molar-refractivity contribution in [3.63, 3.8) is 0 Å². The molecule has 0 heterocycles. The van der Waals surface area contributed by atoms with Gasteiger partial charge in [-0.2, -0.15) is 0 Å². The maximum atomic E-state index is 13.6. The first-order valence-corrected chi connectivity index (χ1v) is 7.87. The van der Waals surface area contributed by atoms with E-state index < -0.39 is 0 Å². The van der Waals surface area contributed by atoms with E-state index in [1.807, 2.05) is 25.1 Å². The summed E-state index contributed by atoms with van der Waals surface area (Å²) in [6.45, 7) is 1.98. The summed E-state index contributed by atoms with van der Waals surface area (Å²) in [6, 6.07) is 12.2. The Hall–Kier alpha value is -1.66. The highest BCUT2D eigenvalue weighted by Gasteiger charge is 2.10. The zero-order chi connectivity index (χ0) is 16.1. The summed E-state index contributed by atoms with van der Waals surface area (Å²) in [4.78, 5) is 0. The van der Waals surface area contributed by atoms with E-state index in [4.69, 9.17) is 17.0 Å². The Morgan fingerprint density at radius 1 is 1.27 bits per heavy atom. The summed E-state index contributed by atoms with van der Waals surface area (Å²) in [7, 11) is 1.62. The molecule has 0 amide bonds. The molecular weight excluding hydrogens is 367 g/mol. The van der Waals surface area contributed by atoms with Gasteiger partial charge in [0.2, 0.25) is 0 Å². The third-order valence-electron chi connectivity index (χ3n) is 3.15. The van der Waals surface area contributed by atoms with Crippen molar-refractivity contribution >= 4 is 38.9 Å². The zero-order valence-electron chi connectivity index (χ0n) is 12.2. The number of anilines is 1. The lowest BCUT2D eigenvalue weighted by Crippen LogP contribution is -2.31. The molecule has 0 bridgehead atoms. The number of hydrogen-bond donors (Lipinski definition) is 2. The second-order valence-electron chi connectivity index (χ2n) is 4.69. The Labute approximate surface area is 143 Å². The maximum absolute atomic E-state index is 13.6. The number of benzene rings is 2. The van der Waals surface area contributed by atoms with Gasteiger partial charge in [-0.25, -0.2) is 4.39 Å². The predicted octanol–water partition coefficient (Wildman–Crippen LogP) is 4.64. The van der Waals surface area contributed by atoms with Crippen molar-refractivity contribution in [2.75, 3.05) is 12.4 Å². The van der Waals surface area contributed by atoms with Gasteiger partial charge in [0.05, 0.1) is 23.3 Å². The Balaban J connectivity index is 2.02. The summed E-state index contributed by atoms with van der Waals surface area (Å²) in [6.07, 6.45) is 0. The third kappa shape index (κ3) is 4.18. The molecular formula is C16H16BrFN2OS. The Bertz CT molecular complexity index is 681. The Kier molecular flexibility index (Phi) is 5.74. The number of ether oxygens (including phenoxy) is 1. The van der Waals surface area contributed by atoms with Gasteiger partial charge in [-0.1, -0.05) is 18.2 Å². The van der Waals surface area contributed by atoms with Gasteiger partial charge in [0.1, 0.15) is 11.6 Å². The van der Waals surface area contributed by atoms with Crippen LogP contribution in [0.1, 0.15) is 18.5 Å². The van der Waals surface area contributed by atoms with Gasteiger partial charge in [-0.15, -0.1) is 0 Å². The number of methoxy groups -OCH3 is 1. The number of halogens is 2. The van der Waals surface area contributed by atoms with Crippen molar-refractivity contribution in [3.05, 3.63) is 58.3 Å². The van der Waals surface area contributed by atoms with Crippen LogP contribution < -0.4 is 15.4 Å². The summed E-state index contributed by atoms with van der Waals surface area (Å²) in [5, 5.41) is 6.35. The first kappa shape index (κ1) is 16.7. The third-order valence-corrected chi connectivity index (χ3v) is 3.99. The minimum absolute atomic E-state index is 0.0334. The average Bonchev–Trinajstić information content (AvgIpc) is 2.49. The molecule has 0 saturated heterocycles. The fourth-order valence-corrected chi connectivity index (χ4v) is 2.80. The van der Waals surface area contributed by atoms with E-state index in [-0.39, 0.29) is 11.9 Å². The lowest BCUT2D eigenvalue weighted by Gasteiger charge is -2.18. The predicted molar refractivity (Wildman–Crippen MR) is 94.9 cm³/mol. The molecule has 1 atom stereocenters. The van der Waals surface area contributed by atoms with E-state index in [0.717, 1.165) is 15.8 Å². The normalized spacial score (nSPS) is 11.6. The first-order valence-electron chi connectivity index (χ1n) is 6.66. The molecule has 0 aliphatic carbocycles. The van der Waals surface area contributed by atoms with Crippen LogP contribution in [0.4, 0.5) is 10.1 Å². The molecule has 3 nitrogen and oxygen atoms in total. The van der Waals surface area contributed by atoms with Crippen LogP contribution in [0.15, 0.2) is 46.9 Å². The fraction of sp³-hybridized carbons (Fsp3) is 0.188. The van der Waals surface area contributed by atoms with Gasteiger partial charge in [-0.3, -0.25) is 0 Å². The highest BCUT2D eigenvalue weighted by Crippen LogP contribution is 2.28. The molecule has 0 aromatic heterocycles. The smallest absolute Gasteiger partial charge is 0.171 e. The van der Waals surface area contributed by atoms with E-state index in [1.165, 1.54) is 6.07 Å². The van der Waals surface area contributed by atoms with E-state index in [0.29, 0.717) is 10.8 Å². The van der Waals surface area contributed by atoms with Gasteiger partial charge in [-0.05, 0) is 64.9 Å². The molecule has 0 fully saturated rings. The molecule has 0 spiro atoms. The van der Waals surface area contributed by atoms with Crippen LogP contribution in [-0.4, -0.2) is 12.2 Å². The molecule has 0 unspecified atom stereocenters. The zero-order valence-corrected chi connectivity index (χ0v) is 14.6. The monoisotopic (exact) mass is 382 g/mol. The van der Waals surface area contributed by atoms with Crippen LogP contribution in [0.5, 0.6) is 5.75 Å². The molecule has 6 heteroatoms. The van der Waals surface area contributed by atoms with Crippen LogP contribution in [-0.2, 0) is 0 Å². The quantitative estimate of drug-likeness (QED) is 0.754. The molecule has 116 valence electrons. The second-order valence-corrected chi connectivity index (χ2v) is 5.96. The lowest BCUT2D eigenvalue weighted by atomic mass is 10.1. The largest absolute Gasteiger partial charge is 0.496 e. The van der Waals surface area contributed by atoms with Crippen LogP contribution in [0.25, 0.3) is 0 Å². The van der Waals surface area contributed by atoms with Crippen molar-refractivity contribution in [1.29, 1.82) is 0 Å². The summed E-state index contributed by atoms with van der Waals surface area (Å²) >= 11 is 8.68. The van der Waals surface area contributed by atoms with E-state index in [1.54, 1.807) is 25.3 Å². The highest BCUT2D eigenvalue weighted by atomic mass is 79.9. The number of nitrogens with one attached hydrogen (secondary N) is 2. The van der Waals surface area contributed by atoms with E-state index in [2.05, 4.69) is 26.6 Å². The molecule has 0 radical (unpaired) electrons. The van der Waals surface area contributed by atoms with Gasteiger partial charge in [0, 0.05) is 0 Å². The maximum Gasteiger partial charge on any atom is 0.171 e. The number of para-hydroxylation sites is 1. The van der Waals surface area contributed by atoms with Crippen molar-refractivity contribution in [2.24, 2.45) is 0 Å². The van der Waals surface area contributed by atoms with Gasteiger partial charge in [0.25, 0.3) is 0 Å². The van der Waals surface area contributed by atoms with Crippen LogP contribution in [0.3, 0.4) is 0 Å². The summed E-state index contributed by atoms with van der Waals surface area (Å²) in [5.74, 6) is 0.425. The van der Waals surface area contributed by atoms with Gasteiger partial charge in [0.15, 0.2) is 5.11 Å². The first-order chi connectivity index (χ1) is 10.5. The van der Waals surface area contributed by atoms with Crippen LogP contribution >= 0.6 is 28.1 Å². The van der Waals surface area contributed by atoms with E-state index in [9.17, 15) is 4.39 Å². The summed E-state index contributed by atoms with van der Waals surface area (Å²) in [5.41, 5.74) is 1.38. The molecule has 2 aromatic carbocycles. The van der Waals surface area contributed by atoms with Crippen molar-refractivity contribution in [2.45, 2.75) is 13.0 Å². The Morgan fingerprint density at radius 3 is 2.64 bits per heavy atom. The minimum atomic E-state index is -0.341. The lowest BCUT2D eigenvalue weighted by molar-refractivity contribution is 0.412. The molecule has 0 saturated carbocycles. The van der Waals surface area contributed by atoms with Crippen molar-refractivity contribution in [3.8, 4) is 5.75 Å². The Morgan fingerprint density at radius 2 is 2.00 bits per heavy atom. The number of rotatable bonds is 4. The average molecular weight is 383 g/mol. The van der Waals surface area contributed by atoms with Crippen molar-refractivity contribution in [1.82, 2.24) is 5.32 Å². The minimum Gasteiger partial charge on any atom is -0.496 e. The highest BCUT2D eigenvalue weighted by molar-refractivity contribution is 9.10. The van der Waals surface area contributed by atoms with E-state index >= 15 is 0 Å². The molecule has 2 aromatic rings. The number of thiocarbonyl (C=S) groups is 1. The molecule has 0 aliphatic heterocycles. The SMILES string of the molecule is COc1ccc([C@@H](C)NC(=S)Nc2ccccc2F)cc1Br. The van der Waals surface area contributed by atoms with Gasteiger partial charge < -0.3 is 15.4 Å². The van der Waals surface area contributed by atoms with Crippen LogP contribution in [0, 0.1) is 5.82 Å². The molecule has 2 rings (SSSR count). The van der Waals surface area contributed by atoms with Gasteiger partial charge >= 0.3 is 0 Å². The molecule has 22 heavy (non-hydrogen) atoms. The molecule has 0 aliphatic rings. The fourth-order valence-electron chi connectivity index (χ4n) is 1.95. The number of hydrogen-bond acceptors (Lipinski definition) is 2. The van der Waals surface area contributed by atoms with Crippen molar-refractivity contribution < 1.29 is 9.13 Å². The standard InChI is InChI=1S/C16H16BrFN2OS/c1-10(11-7-8-15(21-2)12(17)9-11)19-16(22)20-14-6-4-3-5-13(14)18/h3-10H,1-2H3,(H2,19,20,22)/t10-/m1/s1.